The van der Waals surface area contributed by atoms with Crippen molar-refractivity contribution in [1.29, 1.82) is 0 Å². The SMILES string of the molecule is O=C(O)[C@H]1CCC[C@@H](C(=O)NCc2ccc(F)c(Cl)c2)C1. The molecule has 2 rings (SSSR count). The zero-order valence-electron chi connectivity index (χ0n) is 11.4. The molecular weight excluding hydrogens is 297 g/mol. The zero-order chi connectivity index (χ0) is 15.4. The number of carboxylic acid groups (broad SMARTS) is 1. The molecule has 0 bridgehead atoms. The molecule has 1 aliphatic carbocycles. The van der Waals surface area contributed by atoms with Gasteiger partial charge in [0.1, 0.15) is 5.82 Å². The van der Waals surface area contributed by atoms with Crippen molar-refractivity contribution in [3.63, 3.8) is 0 Å². The van der Waals surface area contributed by atoms with E-state index < -0.39 is 17.7 Å². The lowest BCUT2D eigenvalue weighted by Crippen LogP contribution is -2.35. The maximum atomic E-state index is 13.0. The van der Waals surface area contributed by atoms with E-state index in [0.29, 0.717) is 24.8 Å². The maximum Gasteiger partial charge on any atom is 0.306 e. The Morgan fingerprint density at radius 2 is 2.05 bits per heavy atom. The van der Waals surface area contributed by atoms with Gasteiger partial charge >= 0.3 is 5.97 Å². The van der Waals surface area contributed by atoms with Crippen LogP contribution in [0, 0.1) is 17.7 Å². The molecule has 0 saturated heterocycles. The molecule has 0 unspecified atom stereocenters. The molecule has 0 heterocycles. The lowest BCUT2D eigenvalue weighted by Gasteiger charge is -2.25. The summed E-state index contributed by atoms with van der Waals surface area (Å²) in [5, 5.41) is 11.8. The van der Waals surface area contributed by atoms with Gasteiger partial charge in [0.15, 0.2) is 0 Å². The van der Waals surface area contributed by atoms with Crippen LogP contribution in [0.1, 0.15) is 31.2 Å². The van der Waals surface area contributed by atoms with Crippen LogP contribution in [0.25, 0.3) is 0 Å². The van der Waals surface area contributed by atoms with Gasteiger partial charge in [-0.3, -0.25) is 9.59 Å². The number of aliphatic carboxylic acids is 1. The summed E-state index contributed by atoms with van der Waals surface area (Å²) in [6.45, 7) is 0.257. The van der Waals surface area contributed by atoms with E-state index in [4.69, 9.17) is 16.7 Å². The van der Waals surface area contributed by atoms with Crippen LogP contribution in [0.5, 0.6) is 0 Å². The minimum Gasteiger partial charge on any atom is -0.481 e. The first kappa shape index (κ1) is 15.8. The monoisotopic (exact) mass is 313 g/mol. The van der Waals surface area contributed by atoms with Crippen LogP contribution in [0.2, 0.25) is 5.02 Å². The number of halogens is 2. The van der Waals surface area contributed by atoms with Gasteiger partial charge in [-0.25, -0.2) is 4.39 Å². The Hall–Kier alpha value is -1.62. The molecule has 0 radical (unpaired) electrons. The molecule has 1 aliphatic rings. The van der Waals surface area contributed by atoms with E-state index in [1.54, 1.807) is 6.07 Å². The minimum atomic E-state index is -0.835. The van der Waals surface area contributed by atoms with Crippen LogP contribution in [-0.2, 0) is 16.1 Å². The van der Waals surface area contributed by atoms with Crippen molar-refractivity contribution >= 4 is 23.5 Å². The Bertz CT molecular complexity index is 550. The second-order valence-corrected chi connectivity index (χ2v) is 5.77. The van der Waals surface area contributed by atoms with Crippen LogP contribution >= 0.6 is 11.6 Å². The largest absolute Gasteiger partial charge is 0.481 e. The Morgan fingerprint density at radius 3 is 2.71 bits per heavy atom. The van der Waals surface area contributed by atoms with Gasteiger partial charge < -0.3 is 10.4 Å². The van der Waals surface area contributed by atoms with E-state index in [2.05, 4.69) is 5.32 Å². The average Bonchev–Trinajstić information content (AvgIpc) is 2.48. The number of carboxylic acids is 1. The number of hydrogen-bond acceptors (Lipinski definition) is 2. The molecule has 21 heavy (non-hydrogen) atoms. The van der Waals surface area contributed by atoms with Crippen molar-refractivity contribution in [2.24, 2.45) is 11.8 Å². The van der Waals surface area contributed by atoms with Crippen molar-refractivity contribution in [1.82, 2.24) is 5.32 Å². The number of rotatable bonds is 4. The molecule has 0 aliphatic heterocycles. The summed E-state index contributed by atoms with van der Waals surface area (Å²) in [5.41, 5.74) is 0.709. The Labute approximate surface area is 127 Å². The van der Waals surface area contributed by atoms with E-state index in [0.717, 1.165) is 6.42 Å². The molecule has 4 nitrogen and oxygen atoms in total. The van der Waals surface area contributed by atoms with Gasteiger partial charge in [-0.1, -0.05) is 24.1 Å². The third kappa shape index (κ3) is 4.17. The highest BCUT2D eigenvalue weighted by Gasteiger charge is 2.30. The number of amides is 1. The fourth-order valence-corrected chi connectivity index (χ4v) is 2.84. The highest BCUT2D eigenvalue weighted by molar-refractivity contribution is 6.30. The molecule has 2 atom stereocenters. The smallest absolute Gasteiger partial charge is 0.306 e. The fraction of sp³-hybridized carbons (Fsp3) is 0.467. The lowest BCUT2D eigenvalue weighted by molar-refractivity contribution is -0.144. The van der Waals surface area contributed by atoms with E-state index in [9.17, 15) is 14.0 Å². The van der Waals surface area contributed by atoms with Crippen molar-refractivity contribution < 1.29 is 19.1 Å². The molecule has 0 spiro atoms. The quantitative estimate of drug-likeness (QED) is 0.898. The van der Waals surface area contributed by atoms with Crippen LogP contribution in [0.3, 0.4) is 0 Å². The Balaban J connectivity index is 1.89. The van der Waals surface area contributed by atoms with Crippen LogP contribution in [0.15, 0.2) is 18.2 Å². The van der Waals surface area contributed by atoms with Gasteiger partial charge in [0.05, 0.1) is 10.9 Å². The van der Waals surface area contributed by atoms with Gasteiger partial charge in [-0.15, -0.1) is 0 Å². The summed E-state index contributed by atoms with van der Waals surface area (Å²) in [4.78, 5) is 23.1. The Kier molecular flexibility index (Phi) is 5.17. The van der Waals surface area contributed by atoms with Gasteiger partial charge in [0.2, 0.25) is 5.91 Å². The van der Waals surface area contributed by atoms with E-state index in [1.807, 2.05) is 0 Å². The summed E-state index contributed by atoms with van der Waals surface area (Å²) in [7, 11) is 0. The first-order chi connectivity index (χ1) is 9.97. The van der Waals surface area contributed by atoms with Gasteiger partial charge in [-0.05, 0) is 37.0 Å². The highest BCUT2D eigenvalue weighted by Crippen LogP contribution is 2.29. The van der Waals surface area contributed by atoms with Crippen molar-refractivity contribution in [2.45, 2.75) is 32.2 Å². The summed E-state index contributed by atoms with van der Waals surface area (Å²) in [6, 6.07) is 4.28. The minimum absolute atomic E-state index is 0.0188. The fourth-order valence-electron chi connectivity index (χ4n) is 2.64. The predicted molar refractivity (Wildman–Crippen MR) is 76.3 cm³/mol. The molecule has 1 fully saturated rings. The predicted octanol–water partition coefficient (Wildman–Crippen LogP) is 2.99. The number of benzene rings is 1. The van der Waals surface area contributed by atoms with E-state index in [1.165, 1.54) is 12.1 Å². The van der Waals surface area contributed by atoms with Crippen molar-refractivity contribution in [3.05, 3.63) is 34.6 Å². The van der Waals surface area contributed by atoms with Gasteiger partial charge in [0, 0.05) is 12.5 Å². The Morgan fingerprint density at radius 1 is 1.33 bits per heavy atom. The molecule has 1 aromatic rings. The normalized spacial score (nSPS) is 21.8. The summed E-state index contributed by atoms with van der Waals surface area (Å²) in [6.07, 6.45) is 2.47. The summed E-state index contributed by atoms with van der Waals surface area (Å²) < 4.78 is 13.0. The molecule has 0 aromatic heterocycles. The third-order valence-electron chi connectivity index (χ3n) is 3.84. The maximum absolute atomic E-state index is 13.0. The number of carbonyl (C=O) groups is 2. The average molecular weight is 314 g/mol. The highest BCUT2D eigenvalue weighted by atomic mass is 35.5. The molecule has 1 saturated carbocycles. The molecule has 1 aromatic carbocycles. The van der Waals surface area contributed by atoms with Crippen LogP contribution < -0.4 is 5.32 Å². The zero-order valence-corrected chi connectivity index (χ0v) is 12.2. The molecule has 2 N–H and O–H groups in total. The van der Waals surface area contributed by atoms with Gasteiger partial charge in [0.25, 0.3) is 0 Å². The third-order valence-corrected chi connectivity index (χ3v) is 4.13. The van der Waals surface area contributed by atoms with E-state index >= 15 is 0 Å². The van der Waals surface area contributed by atoms with Crippen LogP contribution in [-0.4, -0.2) is 17.0 Å². The topological polar surface area (TPSA) is 66.4 Å². The van der Waals surface area contributed by atoms with Crippen LogP contribution in [0.4, 0.5) is 4.39 Å². The summed E-state index contributed by atoms with van der Waals surface area (Å²) >= 11 is 5.68. The second-order valence-electron chi connectivity index (χ2n) is 5.36. The number of hydrogen-bond donors (Lipinski definition) is 2. The van der Waals surface area contributed by atoms with E-state index in [-0.39, 0.29) is 23.4 Å². The standard InChI is InChI=1S/C15H17ClFNO3/c16-12-6-9(4-5-13(12)17)8-18-14(19)10-2-1-3-11(7-10)15(20)21/h4-6,10-11H,1-3,7-8H2,(H,18,19)(H,20,21)/t10-,11+/m1/s1. The lowest BCUT2D eigenvalue weighted by atomic mass is 9.81. The summed E-state index contributed by atoms with van der Waals surface area (Å²) in [5.74, 6) is -2.19. The van der Waals surface area contributed by atoms with Gasteiger partial charge in [-0.2, -0.15) is 0 Å². The first-order valence-electron chi connectivity index (χ1n) is 6.92. The molecule has 1 amide bonds. The first-order valence-corrected chi connectivity index (χ1v) is 7.29. The molecule has 6 heteroatoms. The number of carbonyl (C=O) groups excluding carboxylic acids is 1. The number of nitrogens with one attached hydrogen (secondary N) is 1. The van der Waals surface area contributed by atoms with Crippen molar-refractivity contribution in [3.8, 4) is 0 Å². The molecular formula is C15H17ClFNO3. The molecule has 114 valence electrons. The van der Waals surface area contributed by atoms with Crippen molar-refractivity contribution in [2.75, 3.05) is 0 Å². The second kappa shape index (κ2) is 6.89.